The Balaban J connectivity index is 1.74. The Morgan fingerprint density at radius 1 is 1.12 bits per heavy atom. The Kier molecular flexibility index (Phi) is 5.31. The zero-order valence-electron chi connectivity index (χ0n) is 15.1. The number of hydrogen-bond donors (Lipinski definition) is 2. The number of carbonyl (C=O) groups excluding carboxylic acids is 1. The predicted molar refractivity (Wildman–Crippen MR) is 102 cm³/mol. The van der Waals surface area contributed by atoms with Gasteiger partial charge in [-0.15, -0.1) is 0 Å². The van der Waals surface area contributed by atoms with Gasteiger partial charge >= 0.3 is 6.03 Å². The maximum atomic E-state index is 11.9. The molecule has 0 bridgehead atoms. The van der Waals surface area contributed by atoms with Crippen LogP contribution in [0.5, 0.6) is 0 Å². The SMILES string of the molecule is Cc1ccc(-c2nc(-c3cccc(NC(=O)NCC(C)C)c3)no2)cc1. The van der Waals surface area contributed by atoms with Crippen LogP contribution in [0.15, 0.2) is 53.1 Å². The molecule has 1 aromatic heterocycles. The van der Waals surface area contributed by atoms with Crippen molar-refractivity contribution in [2.24, 2.45) is 5.92 Å². The number of carbonyl (C=O) groups is 1. The molecule has 0 saturated carbocycles. The van der Waals surface area contributed by atoms with E-state index >= 15 is 0 Å². The summed E-state index contributed by atoms with van der Waals surface area (Å²) < 4.78 is 5.37. The number of aromatic nitrogens is 2. The Labute approximate surface area is 152 Å². The summed E-state index contributed by atoms with van der Waals surface area (Å²) in [5.74, 6) is 1.34. The second-order valence-corrected chi connectivity index (χ2v) is 6.60. The lowest BCUT2D eigenvalue weighted by molar-refractivity contribution is 0.251. The molecule has 2 aromatic carbocycles. The molecule has 1 heterocycles. The topological polar surface area (TPSA) is 80.0 Å². The van der Waals surface area contributed by atoms with Gasteiger partial charge in [-0.2, -0.15) is 4.98 Å². The van der Waals surface area contributed by atoms with Gasteiger partial charge in [0.05, 0.1) is 0 Å². The number of benzene rings is 2. The maximum Gasteiger partial charge on any atom is 0.319 e. The van der Waals surface area contributed by atoms with Crippen molar-refractivity contribution in [3.8, 4) is 22.8 Å². The van der Waals surface area contributed by atoms with Crippen LogP contribution < -0.4 is 10.6 Å². The molecule has 3 rings (SSSR count). The number of rotatable bonds is 5. The molecule has 0 unspecified atom stereocenters. The molecule has 26 heavy (non-hydrogen) atoms. The van der Waals surface area contributed by atoms with Crippen LogP contribution in [0.4, 0.5) is 10.5 Å². The molecule has 6 heteroatoms. The van der Waals surface area contributed by atoms with E-state index in [1.54, 1.807) is 0 Å². The van der Waals surface area contributed by atoms with E-state index in [0.29, 0.717) is 29.9 Å². The first-order valence-corrected chi connectivity index (χ1v) is 8.57. The van der Waals surface area contributed by atoms with E-state index in [0.717, 1.165) is 11.1 Å². The number of nitrogens with zero attached hydrogens (tertiary/aromatic N) is 2. The van der Waals surface area contributed by atoms with Gasteiger partial charge < -0.3 is 15.2 Å². The van der Waals surface area contributed by atoms with Crippen LogP contribution in [0.2, 0.25) is 0 Å². The second kappa shape index (κ2) is 7.82. The molecule has 0 aliphatic rings. The minimum absolute atomic E-state index is 0.232. The van der Waals surface area contributed by atoms with Crippen LogP contribution in [-0.2, 0) is 0 Å². The highest BCUT2D eigenvalue weighted by Gasteiger charge is 2.11. The van der Waals surface area contributed by atoms with Crippen LogP contribution in [-0.4, -0.2) is 22.7 Å². The predicted octanol–water partition coefficient (Wildman–Crippen LogP) is 4.49. The average Bonchev–Trinajstić information content (AvgIpc) is 3.11. The zero-order valence-corrected chi connectivity index (χ0v) is 15.1. The van der Waals surface area contributed by atoms with Crippen molar-refractivity contribution in [3.63, 3.8) is 0 Å². The number of anilines is 1. The van der Waals surface area contributed by atoms with Crippen LogP contribution >= 0.6 is 0 Å². The Morgan fingerprint density at radius 3 is 2.62 bits per heavy atom. The fraction of sp³-hybridized carbons (Fsp3) is 0.250. The molecule has 0 aliphatic heterocycles. The number of amides is 2. The Morgan fingerprint density at radius 2 is 1.88 bits per heavy atom. The van der Waals surface area contributed by atoms with Gasteiger partial charge in [0.1, 0.15) is 0 Å². The van der Waals surface area contributed by atoms with E-state index in [2.05, 4.69) is 20.8 Å². The summed E-state index contributed by atoms with van der Waals surface area (Å²) in [6, 6.07) is 15.0. The van der Waals surface area contributed by atoms with Gasteiger partial charge in [0.25, 0.3) is 5.89 Å². The lowest BCUT2D eigenvalue weighted by Crippen LogP contribution is -2.31. The molecular formula is C20H22N4O2. The number of urea groups is 1. The molecule has 0 saturated heterocycles. The minimum atomic E-state index is -0.232. The van der Waals surface area contributed by atoms with Crippen LogP contribution in [0.1, 0.15) is 19.4 Å². The van der Waals surface area contributed by atoms with E-state index in [4.69, 9.17) is 4.52 Å². The summed E-state index contributed by atoms with van der Waals surface area (Å²) in [5, 5.41) is 9.69. The first-order valence-electron chi connectivity index (χ1n) is 8.57. The highest BCUT2D eigenvalue weighted by molar-refractivity contribution is 5.89. The number of hydrogen-bond acceptors (Lipinski definition) is 4. The summed E-state index contributed by atoms with van der Waals surface area (Å²) in [7, 11) is 0. The van der Waals surface area contributed by atoms with Crippen LogP contribution in [0, 0.1) is 12.8 Å². The van der Waals surface area contributed by atoms with Crippen molar-refractivity contribution in [2.45, 2.75) is 20.8 Å². The Hall–Kier alpha value is -3.15. The highest BCUT2D eigenvalue weighted by Crippen LogP contribution is 2.24. The van der Waals surface area contributed by atoms with Crippen LogP contribution in [0.25, 0.3) is 22.8 Å². The van der Waals surface area contributed by atoms with Crippen molar-refractivity contribution in [2.75, 3.05) is 11.9 Å². The summed E-state index contributed by atoms with van der Waals surface area (Å²) >= 11 is 0. The van der Waals surface area contributed by atoms with Gasteiger partial charge in [0, 0.05) is 23.4 Å². The fourth-order valence-corrected chi connectivity index (χ4v) is 2.36. The molecule has 0 aliphatic carbocycles. The summed E-state index contributed by atoms with van der Waals surface area (Å²) in [6.07, 6.45) is 0. The standard InChI is InChI=1S/C20H22N4O2/c1-13(2)12-21-20(25)22-17-6-4-5-16(11-17)18-23-19(26-24-18)15-9-7-14(3)8-10-15/h4-11,13H,12H2,1-3H3,(H2,21,22,25). The molecule has 3 aromatic rings. The van der Waals surface area contributed by atoms with Gasteiger partial charge in [-0.1, -0.05) is 48.8 Å². The molecule has 0 radical (unpaired) electrons. The Bertz CT molecular complexity index is 885. The quantitative estimate of drug-likeness (QED) is 0.710. The molecule has 0 spiro atoms. The molecule has 134 valence electrons. The smallest absolute Gasteiger partial charge is 0.319 e. The van der Waals surface area contributed by atoms with Crippen molar-refractivity contribution >= 4 is 11.7 Å². The highest BCUT2D eigenvalue weighted by atomic mass is 16.5. The largest absolute Gasteiger partial charge is 0.338 e. The van der Waals surface area contributed by atoms with E-state index in [1.807, 2.05) is 69.3 Å². The van der Waals surface area contributed by atoms with Crippen molar-refractivity contribution in [3.05, 3.63) is 54.1 Å². The lowest BCUT2D eigenvalue weighted by Gasteiger charge is -2.09. The molecule has 0 atom stereocenters. The zero-order chi connectivity index (χ0) is 18.5. The molecule has 2 N–H and O–H groups in total. The molecular weight excluding hydrogens is 328 g/mol. The second-order valence-electron chi connectivity index (χ2n) is 6.60. The average molecular weight is 350 g/mol. The first kappa shape index (κ1) is 17.7. The monoisotopic (exact) mass is 350 g/mol. The van der Waals surface area contributed by atoms with Crippen molar-refractivity contribution in [1.82, 2.24) is 15.5 Å². The van der Waals surface area contributed by atoms with Gasteiger partial charge in [-0.3, -0.25) is 0 Å². The third-order valence-corrected chi connectivity index (χ3v) is 3.77. The molecule has 2 amide bonds. The number of aryl methyl sites for hydroxylation is 1. The normalized spacial score (nSPS) is 10.8. The van der Waals surface area contributed by atoms with Gasteiger partial charge in [0.2, 0.25) is 5.82 Å². The van der Waals surface area contributed by atoms with Gasteiger partial charge in [-0.25, -0.2) is 4.79 Å². The summed E-state index contributed by atoms with van der Waals surface area (Å²) in [5.41, 5.74) is 3.49. The third-order valence-electron chi connectivity index (χ3n) is 3.77. The van der Waals surface area contributed by atoms with Crippen molar-refractivity contribution in [1.29, 1.82) is 0 Å². The minimum Gasteiger partial charge on any atom is -0.338 e. The van der Waals surface area contributed by atoms with E-state index in [9.17, 15) is 4.79 Å². The van der Waals surface area contributed by atoms with E-state index in [1.165, 1.54) is 5.56 Å². The molecule has 6 nitrogen and oxygen atoms in total. The maximum absolute atomic E-state index is 11.9. The summed E-state index contributed by atoms with van der Waals surface area (Å²) in [6.45, 7) is 6.74. The van der Waals surface area contributed by atoms with E-state index < -0.39 is 0 Å². The van der Waals surface area contributed by atoms with Crippen LogP contribution in [0.3, 0.4) is 0 Å². The fourth-order valence-electron chi connectivity index (χ4n) is 2.36. The molecule has 0 fully saturated rings. The van der Waals surface area contributed by atoms with Crippen molar-refractivity contribution < 1.29 is 9.32 Å². The lowest BCUT2D eigenvalue weighted by atomic mass is 10.1. The third kappa shape index (κ3) is 4.47. The summed E-state index contributed by atoms with van der Waals surface area (Å²) in [4.78, 5) is 16.4. The van der Waals surface area contributed by atoms with Gasteiger partial charge in [0.15, 0.2) is 0 Å². The first-order chi connectivity index (χ1) is 12.5. The number of nitrogens with one attached hydrogen (secondary N) is 2. The van der Waals surface area contributed by atoms with E-state index in [-0.39, 0.29) is 6.03 Å². The van der Waals surface area contributed by atoms with Gasteiger partial charge in [-0.05, 0) is 37.1 Å².